The summed E-state index contributed by atoms with van der Waals surface area (Å²) in [6.07, 6.45) is 0. The number of nitrogens with zero attached hydrogens (tertiary/aromatic N) is 4. The highest BCUT2D eigenvalue weighted by molar-refractivity contribution is 7.99. The smallest absolute Gasteiger partial charge is 0.230 e. The molecule has 1 aromatic carbocycles. The van der Waals surface area contributed by atoms with E-state index in [9.17, 15) is 4.79 Å². The van der Waals surface area contributed by atoms with E-state index in [1.54, 1.807) is 16.8 Å². The second-order valence-electron chi connectivity index (χ2n) is 3.59. The first-order valence-electron chi connectivity index (χ1n) is 5.64. The minimum atomic E-state index is -0.0434. The van der Waals surface area contributed by atoms with E-state index in [1.165, 1.54) is 11.8 Å². The number of aromatic nitrogens is 4. The van der Waals surface area contributed by atoms with Crippen molar-refractivity contribution in [1.29, 1.82) is 0 Å². The van der Waals surface area contributed by atoms with E-state index in [1.807, 2.05) is 19.1 Å². The van der Waals surface area contributed by atoms with Crippen LogP contribution in [0.3, 0.4) is 0 Å². The van der Waals surface area contributed by atoms with Gasteiger partial charge in [-0.25, -0.2) is 0 Å². The molecule has 0 aliphatic heterocycles. The van der Waals surface area contributed by atoms with Crippen molar-refractivity contribution in [1.82, 2.24) is 25.5 Å². The maximum Gasteiger partial charge on any atom is 0.230 e. The summed E-state index contributed by atoms with van der Waals surface area (Å²) < 4.78 is 1.57. The monoisotopic (exact) mass is 297 g/mol. The summed E-state index contributed by atoms with van der Waals surface area (Å²) >= 11 is 7.11. The van der Waals surface area contributed by atoms with Gasteiger partial charge in [-0.3, -0.25) is 4.79 Å². The number of hydrogen-bond donors (Lipinski definition) is 1. The molecule has 0 aliphatic carbocycles. The average Bonchev–Trinajstić information content (AvgIpc) is 2.86. The van der Waals surface area contributed by atoms with Gasteiger partial charge in [0, 0.05) is 11.6 Å². The van der Waals surface area contributed by atoms with Gasteiger partial charge in [-0.15, -0.1) is 5.10 Å². The third kappa shape index (κ3) is 3.68. The Labute approximate surface area is 119 Å². The molecule has 0 radical (unpaired) electrons. The van der Waals surface area contributed by atoms with Gasteiger partial charge < -0.3 is 5.32 Å². The highest BCUT2D eigenvalue weighted by Gasteiger charge is 2.10. The van der Waals surface area contributed by atoms with Crippen molar-refractivity contribution in [2.45, 2.75) is 12.1 Å². The second kappa shape index (κ2) is 6.53. The van der Waals surface area contributed by atoms with Gasteiger partial charge in [0.15, 0.2) is 0 Å². The summed E-state index contributed by atoms with van der Waals surface area (Å²) in [6.45, 7) is 2.49. The molecule has 0 fully saturated rings. The Kier molecular flexibility index (Phi) is 4.75. The number of carbonyl (C=O) groups excluding carboxylic acids is 1. The number of benzene rings is 1. The van der Waals surface area contributed by atoms with Crippen LogP contribution < -0.4 is 5.32 Å². The Hall–Kier alpha value is -1.60. The van der Waals surface area contributed by atoms with Crippen LogP contribution in [0.2, 0.25) is 5.02 Å². The highest BCUT2D eigenvalue weighted by atomic mass is 35.5. The van der Waals surface area contributed by atoms with E-state index < -0.39 is 0 Å². The fourth-order valence-corrected chi connectivity index (χ4v) is 2.24. The maximum atomic E-state index is 11.4. The number of hydrogen-bond acceptors (Lipinski definition) is 5. The number of rotatable bonds is 5. The summed E-state index contributed by atoms with van der Waals surface area (Å²) in [4.78, 5) is 11.4. The van der Waals surface area contributed by atoms with Gasteiger partial charge in [-0.2, -0.15) is 4.68 Å². The summed E-state index contributed by atoms with van der Waals surface area (Å²) in [6, 6.07) is 7.15. The van der Waals surface area contributed by atoms with Gasteiger partial charge in [0.1, 0.15) is 0 Å². The zero-order valence-electron chi connectivity index (χ0n) is 10.2. The molecule has 6 nitrogen and oxygen atoms in total. The Morgan fingerprint density at radius 1 is 1.42 bits per heavy atom. The van der Waals surface area contributed by atoms with Gasteiger partial charge in [0.2, 0.25) is 11.1 Å². The van der Waals surface area contributed by atoms with Crippen molar-refractivity contribution in [2.24, 2.45) is 0 Å². The lowest BCUT2D eigenvalue weighted by atomic mass is 10.3. The molecule has 8 heteroatoms. The fourth-order valence-electron chi connectivity index (χ4n) is 1.39. The van der Waals surface area contributed by atoms with Crippen LogP contribution in [0.25, 0.3) is 5.69 Å². The van der Waals surface area contributed by atoms with E-state index >= 15 is 0 Å². The highest BCUT2D eigenvalue weighted by Crippen LogP contribution is 2.19. The molecule has 2 aromatic rings. The van der Waals surface area contributed by atoms with Crippen molar-refractivity contribution < 1.29 is 4.79 Å². The third-order valence-corrected chi connectivity index (χ3v) is 3.39. The Morgan fingerprint density at radius 3 is 2.84 bits per heavy atom. The predicted octanol–water partition coefficient (Wildman–Crippen LogP) is 1.54. The Balaban J connectivity index is 2.09. The number of nitrogens with one attached hydrogen (secondary N) is 1. The summed E-state index contributed by atoms with van der Waals surface area (Å²) in [5.74, 6) is 0.236. The Morgan fingerprint density at radius 2 is 2.16 bits per heavy atom. The van der Waals surface area contributed by atoms with Crippen LogP contribution in [0.5, 0.6) is 0 Å². The standard InChI is InChI=1S/C11H12ClN5OS/c1-2-13-10(18)7-19-11-14-15-16-17(11)9-5-3-8(12)4-6-9/h3-6H,2,7H2,1H3,(H,13,18). The lowest BCUT2D eigenvalue weighted by Gasteiger charge is -2.04. The molecule has 0 saturated heterocycles. The van der Waals surface area contributed by atoms with Gasteiger partial charge in [-0.1, -0.05) is 23.4 Å². The van der Waals surface area contributed by atoms with Crippen molar-refractivity contribution in [3.63, 3.8) is 0 Å². The van der Waals surface area contributed by atoms with E-state index in [-0.39, 0.29) is 11.7 Å². The molecule has 0 unspecified atom stereocenters. The van der Waals surface area contributed by atoms with E-state index in [4.69, 9.17) is 11.6 Å². The second-order valence-corrected chi connectivity index (χ2v) is 4.97. The Bertz CT molecular complexity index is 556. The summed E-state index contributed by atoms with van der Waals surface area (Å²) in [5, 5.41) is 15.4. The molecule has 0 saturated carbocycles. The first-order chi connectivity index (χ1) is 9.20. The van der Waals surface area contributed by atoms with Crippen LogP contribution in [-0.4, -0.2) is 38.4 Å². The van der Waals surface area contributed by atoms with Crippen molar-refractivity contribution >= 4 is 29.3 Å². The quantitative estimate of drug-likeness (QED) is 0.848. The summed E-state index contributed by atoms with van der Waals surface area (Å²) in [7, 11) is 0. The average molecular weight is 298 g/mol. The number of carbonyl (C=O) groups is 1. The fraction of sp³-hybridized carbons (Fsp3) is 0.273. The first kappa shape index (κ1) is 13.8. The maximum absolute atomic E-state index is 11.4. The molecule has 1 N–H and O–H groups in total. The topological polar surface area (TPSA) is 72.7 Å². The molecular weight excluding hydrogens is 286 g/mol. The van der Waals surface area contributed by atoms with Crippen molar-refractivity contribution in [3.8, 4) is 5.69 Å². The molecular formula is C11H12ClN5OS. The molecule has 2 rings (SSSR count). The zero-order chi connectivity index (χ0) is 13.7. The van der Waals surface area contributed by atoms with Crippen LogP contribution in [-0.2, 0) is 4.79 Å². The number of tetrazole rings is 1. The van der Waals surface area contributed by atoms with Crippen LogP contribution in [0.4, 0.5) is 0 Å². The van der Waals surface area contributed by atoms with E-state index in [0.717, 1.165) is 5.69 Å². The molecule has 0 aliphatic rings. The molecule has 100 valence electrons. The molecule has 1 amide bonds. The SMILES string of the molecule is CCNC(=O)CSc1nnnn1-c1ccc(Cl)cc1. The minimum absolute atomic E-state index is 0.0434. The van der Waals surface area contributed by atoms with Gasteiger partial charge in [-0.05, 0) is 41.6 Å². The predicted molar refractivity (Wildman–Crippen MR) is 73.6 cm³/mol. The van der Waals surface area contributed by atoms with Gasteiger partial charge in [0.05, 0.1) is 11.4 Å². The third-order valence-electron chi connectivity index (χ3n) is 2.22. The van der Waals surface area contributed by atoms with Crippen LogP contribution in [0, 0.1) is 0 Å². The van der Waals surface area contributed by atoms with E-state index in [2.05, 4.69) is 20.8 Å². The zero-order valence-corrected chi connectivity index (χ0v) is 11.8. The molecule has 0 bridgehead atoms. The number of thioether (sulfide) groups is 1. The largest absolute Gasteiger partial charge is 0.356 e. The lowest BCUT2D eigenvalue weighted by molar-refractivity contribution is -0.118. The number of halogens is 1. The number of amides is 1. The minimum Gasteiger partial charge on any atom is -0.356 e. The van der Waals surface area contributed by atoms with Crippen LogP contribution in [0.1, 0.15) is 6.92 Å². The van der Waals surface area contributed by atoms with Gasteiger partial charge in [0.25, 0.3) is 0 Å². The van der Waals surface area contributed by atoms with Crippen LogP contribution in [0.15, 0.2) is 29.4 Å². The molecule has 1 heterocycles. The molecule has 0 atom stereocenters. The van der Waals surface area contributed by atoms with E-state index in [0.29, 0.717) is 16.7 Å². The summed E-state index contributed by atoms with van der Waals surface area (Å²) in [5.41, 5.74) is 0.799. The van der Waals surface area contributed by atoms with Crippen LogP contribution >= 0.6 is 23.4 Å². The van der Waals surface area contributed by atoms with Gasteiger partial charge >= 0.3 is 0 Å². The van der Waals surface area contributed by atoms with Crippen molar-refractivity contribution in [3.05, 3.63) is 29.3 Å². The molecule has 0 spiro atoms. The normalized spacial score (nSPS) is 10.4. The van der Waals surface area contributed by atoms with Crippen molar-refractivity contribution in [2.75, 3.05) is 12.3 Å². The first-order valence-corrected chi connectivity index (χ1v) is 7.01. The molecule has 1 aromatic heterocycles. The molecule has 19 heavy (non-hydrogen) atoms. The lowest BCUT2D eigenvalue weighted by Crippen LogP contribution is -2.24.